The van der Waals surface area contributed by atoms with Crippen molar-refractivity contribution in [2.75, 3.05) is 17.7 Å². The molecule has 0 aliphatic heterocycles. The van der Waals surface area contributed by atoms with Gasteiger partial charge in [0, 0.05) is 23.2 Å². The van der Waals surface area contributed by atoms with E-state index < -0.39 is 0 Å². The Labute approximate surface area is 94.2 Å². The number of nitrogens with two attached hydrogens (primary N) is 1. The summed E-state index contributed by atoms with van der Waals surface area (Å²) in [5, 5.41) is 0. The van der Waals surface area contributed by atoms with Gasteiger partial charge in [-0.1, -0.05) is 6.92 Å². The molecular formula is C11H17BrN2. The number of nitrogens with zero attached hydrogens (tertiary/aromatic N) is 1. The van der Waals surface area contributed by atoms with Gasteiger partial charge in [0.2, 0.25) is 0 Å². The second kappa shape index (κ2) is 4.69. The maximum atomic E-state index is 5.69. The summed E-state index contributed by atoms with van der Waals surface area (Å²) in [6, 6.07) is 6.45. The van der Waals surface area contributed by atoms with Crippen LogP contribution in [-0.2, 0) is 0 Å². The van der Waals surface area contributed by atoms with Crippen molar-refractivity contribution in [2.24, 2.45) is 0 Å². The molecule has 1 aromatic rings. The quantitative estimate of drug-likeness (QED) is 0.842. The van der Waals surface area contributed by atoms with E-state index in [0.717, 1.165) is 16.6 Å². The molecule has 78 valence electrons. The van der Waals surface area contributed by atoms with Gasteiger partial charge < -0.3 is 10.6 Å². The summed E-state index contributed by atoms with van der Waals surface area (Å²) >= 11 is 3.52. The Hall–Kier alpha value is -0.700. The molecule has 1 atom stereocenters. The van der Waals surface area contributed by atoms with Gasteiger partial charge in [-0.25, -0.2) is 0 Å². The third kappa shape index (κ3) is 2.41. The summed E-state index contributed by atoms with van der Waals surface area (Å²) in [4.78, 5) is 2.25. The Morgan fingerprint density at radius 1 is 1.50 bits per heavy atom. The van der Waals surface area contributed by atoms with Gasteiger partial charge in [-0.2, -0.15) is 0 Å². The second-order valence-electron chi connectivity index (χ2n) is 3.58. The van der Waals surface area contributed by atoms with Crippen LogP contribution in [0.15, 0.2) is 22.7 Å². The van der Waals surface area contributed by atoms with Crippen LogP contribution in [0.3, 0.4) is 0 Å². The molecule has 1 unspecified atom stereocenters. The summed E-state index contributed by atoms with van der Waals surface area (Å²) < 4.78 is 1.06. The number of nitrogen functional groups attached to an aromatic ring is 1. The molecule has 0 radical (unpaired) electrons. The maximum Gasteiger partial charge on any atom is 0.0511 e. The molecule has 0 aliphatic rings. The largest absolute Gasteiger partial charge is 0.399 e. The molecule has 1 rings (SSSR count). The number of hydrogen-bond donors (Lipinski definition) is 1. The highest BCUT2D eigenvalue weighted by molar-refractivity contribution is 9.10. The van der Waals surface area contributed by atoms with Crippen molar-refractivity contribution in [1.82, 2.24) is 0 Å². The fraction of sp³-hybridized carbons (Fsp3) is 0.455. The van der Waals surface area contributed by atoms with Crippen LogP contribution in [0.2, 0.25) is 0 Å². The number of anilines is 2. The van der Waals surface area contributed by atoms with E-state index >= 15 is 0 Å². The first-order chi connectivity index (χ1) is 6.56. The summed E-state index contributed by atoms with van der Waals surface area (Å²) in [6.07, 6.45) is 1.13. The van der Waals surface area contributed by atoms with Crippen molar-refractivity contribution in [1.29, 1.82) is 0 Å². The SMILES string of the molecule is CCC(C)N(C)c1ccc(N)cc1Br. The summed E-state index contributed by atoms with van der Waals surface area (Å²) in [5.41, 5.74) is 7.67. The van der Waals surface area contributed by atoms with Crippen LogP contribution in [0.25, 0.3) is 0 Å². The molecule has 0 heterocycles. The van der Waals surface area contributed by atoms with E-state index in [-0.39, 0.29) is 0 Å². The van der Waals surface area contributed by atoms with Gasteiger partial charge in [-0.05, 0) is 47.5 Å². The van der Waals surface area contributed by atoms with Crippen LogP contribution in [0.5, 0.6) is 0 Å². The molecule has 1 aromatic carbocycles. The zero-order valence-corrected chi connectivity index (χ0v) is 10.5. The zero-order chi connectivity index (χ0) is 10.7. The molecular weight excluding hydrogens is 240 g/mol. The van der Waals surface area contributed by atoms with Crippen molar-refractivity contribution in [2.45, 2.75) is 26.3 Å². The lowest BCUT2D eigenvalue weighted by atomic mass is 10.2. The van der Waals surface area contributed by atoms with Crippen molar-refractivity contribution in [3.63, 3.8) is 0 Å². The Bertz CT molecular complexity index is 312. The minimum atomic E-state index is 0.537. The van der Waals surface area contributed by atoms with Crippen LogP contribution < -0.4 is 10.6 Å². The van der Waals surface area contributed by atoms with Crippen molar-refractivity contribution >= 4 is 27.3 Å². The van der Waals surface area contributed by atoms with E-state index in [1.807, 2.05) is 18.2 Å². The molecule has 3 heteroatoms. The maximum absolute atomic E-state index is 5.69. The van der Waals surface area contributed by atoms with Gasteiger partial charge in [0.05, 0.1) is 5.69 Å². The molecule has 0 amide bonds. The first-order valence-corrected chi connectivity index (χ1v) is 5.63. The molecule has 2 N–H and O–H groups in total. The highest BCUT2D eigenvalue weighted by atomic mass is 79.9. The lowest BCUT2D eigenvalue weighted by Gasteiger charge is -2.27. The van der Waals surface area contributed by atoms with Crippen molar-refractivity contribution < 1.29 is 0 Å². The number of hydrogen-bond acceptors (Lipinski definition) is 2. The van der Waals surface area contributed by atoms with E-state index in [1.165, 1.54) is 5.69 Å². The van der Waals surface area contributed by atoms with E-state index in [9.17, 15) is 0 Å². The molecule has 0 saturated heterocycles. The fourth-order valence-electron chi connectivity index (χ4n) is 1.32. The van der Waals surface area contributed by atoms with Crippen LogP contribution >= 0.6 is 15.9 Å². The number of rotatable bonds is 3. The van der Waals surface area contributed by atoms with Crippen LogP contribution in [-0.4, -0.2) is 13.1 Å². The van der Waals surface area contributed by atoms with E-state index in [4.69, 9.17) is 5.73 Å². The van der Waals surface area contributed by atoms with Gasteiger partial charge in [0.25, 0.3) is 0 Å². The average molecular weight is 257 g/mol. The monoisotopic (exact) mass is 256 g/mol. The number of benzene rings is 1. The van der Waals surface area contributed by atoms with Crippen molar-refractivity contribution in [3.8, 4) is 0 Å². The lowest BCUT2D eigenvalue weighted by Crippen LogP contribution is -2.28. The Kier molecular flexibility index (Phi) is 3.81. The lowest BCUT2D eigenvalue weighted by molar-refractivity contribution is 0.663. The van der Waals surface area contributed by atoms with Crippen molar-refractivity contribution in [3.05, 3.63) is 22.7 Å². The summed E-state index contributed by atoms with van der Waals surface area (Å²) in [6.45, 7) is 4.40. The molecule has 2 nitrogen and oxygen atoms in total. The molecule has 0 spiro atoms. The first kappa shape index (κ1) is 11.4. The summed E-state index contributed by atoms with van der Waals surface area (Å²) in [5.74, 6) is 0. The second-order valence-corrected chi connectivity index (χ2v) is 4.43. The minimum absolute atomic E-state index is 0.537. The normalized spacial score (nSPS) is 12.6. The Morgan fingerprint density at radius 2 is 2.14 bits per heavy atom. The van der Waals surface area contributed by atoms with E-state index in [1.54, 1.807) is 0 Å². The van der Waals surface area contributed by atoms with Crippen LogP contribution in [0.1, 0.15) is 20.3 Å². The highest BCUT2D eigenvalue weighted by Crippen LogP contribution is 2.28. The molecule has 0 aliphatic carbocycles. The molecule has 14 heavy (non-hydrogen) atoms. The highest BCUT2D eigenvalue weighted by Gasteiger charge is 2.10. The summed E-state index contributed by atoms with van der Waals surface area (Å²) in [7, 11) is 2.10. The fourth-order valence-corrected chi connectivity index (χ4v) is 2.00. The van der Waals surface area contributed by atoms with Gasteiger partial charge >= 0.3 is 0 Å². The van der Waals surface area contributed by atoms with E-state index in [2.05, 4.69) is 41.7 Å². The number of halogens is 1. The standard InChI is InChI=1S/C11H17BrN2/c1-4-8(2)14(3)11-6-5-9(13)7-10(11)12/h5-8H,4,13H2,1-3H3. The van der Waals surface area contributed by atoms with Crippen LogP contribution in [0.4, 0.5) is 11.4 Å². The third-order valence-electron chi connectivity index (χ3n) is 2.60. The van der Waals surface area contributed by atoms with Gasteiger partial charge in [-0.3, -0.25) is 0 Å². The van der Waals surface area contributed by atoms with Gasteiger partial charge in [0.15, 0.2) is 0 Å². The van der Waals surface area contributed by atoms with Crippen LogP contribution in [0, 0.1) is 0 Å². The predicted molar refractivity (Wildman–Crippen MR) is 66.7 cm³/mol. The molecule has 0 fully saturated rings. The zero-order valence-electron chi connectivity index (χ0n) is 8.92. The smallest absolute Gasteiger partial charge is 0.0511 e. The first-order valence-electron chi connectivity index (χ1n) is 4.84. The van der Waals surface area contributed by atoms with Gasteiger partial charge in [-0.15, -0.1) is 0 Å². The average Bonchev–Trinajstić information content (AvgIpc) is 2.15. The Balaban J connectivity index is 2.95. The minimum Gasteiger partial charge on any atom is -0.399 e. The topological polar surface area (TPSA) is 29.3 Å². The molecule has 0 bridgehead atoms. The molecule has 0 saturated carbocycles. The molecule has 0 aromatic heterocycles. The predicted octanol–water partition coefficient (Wildman–Crippen LogP) is 3.27. The van der Waals surface area contributed by atoms with Gasteiger partial charge in [0.1, 0.15) is 0 Å². The Morgan fingerprint density at radius 3 is 2.64 bits per heavy atom. The van der Waals surface area contributed by atoms with E-state index in [0.29, 0.717) is 6.04 Å². The third-order valence-corrected chi connectivity index (χ3v) is 3.24.